The second-order valence-electron chi connectivity index (χ2n) is 15.6. The number of halogens is 6. The minimum atomic E-state index is -0.826. The van der Waals surface area contributed by atoms with Crippen molar-refractivity contribution in [3.05, 3.63) is 81.5 Å². The van der Waals surface area contributed by atoms with Crippen LogP contribution in [0.3, 0.4) is 0 Å². The SMILES string of the molecule is CC1=Cc2c(Br)ccc(Sc3ccc(Br)c4c3CC(C)=C4)c2C1.CC1CC2C(Br)CCC(SC3CCC(Br)C4CC(C)CC34)C2C1.[CH3-].[CH3-].[Cl][Zr+2][Cl]. The van der Waals surface area contributed by atoms with Crippen LogP contribution in [0.2, 0.25) is 0 Å². The molecule has 10 atom stereocenters. The van der Waals surface area contributed by atoms with Crippen LogP contribution < -0.4 is 0 Å². The third kappa shape index (κ3) is 10.7. The monoisotopic (exact) mass is 1100 g/mol. The summed E-state index contributed by atoms with van der Waals surface area (Å²) in [7, 11) is 9.87. The van der Waals surface area contributed by atoms with E-state index in [1.807, 2.05) is 11.8 Å². The van der Waals surface area contributed by atoms with Gasteiger partial charge in [0.05, 0.1) is 0 Å². The number of thioether (sulfide) groups is 1. The third-order valence-electron chi connectivity index (χ3n) is 11.9. The summed E-state index contributed by atoms with van der Waals surface area (Å²) in [4.78, 5) is 4.38. The molecule has 0 bridgehead atoms. The van der Waals surface area contributed by atoms with Crippen LogP contribution in [-0.2, 0) is 33.7 Å². The molecule has 0 N–H and O–H groups in total. The van der Waals surface area contributed by atoms with Crippen LogP contribution in [0.25, 0.3) is 12.2 Å². The Morgan fingerprint density at radius 2 is 1.00 bits per heavy atom. The molecule has 10 unspecified atom stereocenters. The molecule has 0 spiro atoms. The molecule has 8 rings (SSSR count). The van der Waals surface area contributed by atoms with E-state index in [9.17, 15) is 0 Å². The van der Waals surface area contributed by atoms with Gasteiger partial charge in [-0.25, -0.2) is 0 Å². The van der Waals surface area contributed by atoms with Gasteiger partial charge in [0, 0.05) is 38.9 Å². The van der Waals surface area contributed by atoms with E-state index < -0.39 is 20.8 Å². The van der Waals surface area contributed by atoms with Crippen LogP contribution in [0.15, 0.2) is 54.1 Å². The summed E-state index contributed by atoms with van der Waals surface area (Å²) in [5.74, 6) is 5.89. The van der Waals surface area contributed by atoms with E-state index >= 15 is 0 Å². The maximum absolute atomic E-state index is 4.93. The average Bonchev–Trinajstić information content (AvgIpc) is 3.85. The van der Waals surface area contributed by atoms with Gasteiger partial charge in [-0.05, 0) is 160 Å². The number of rotatable bonds is 4. The molecule has 4 fully saturated rings. The molecule has 2 aromatic carbocycles. The molecule has 0 heterocycles. The summed E-state index contributed by atoms with van der Waals surface area (Å²) in [6.45, 7) is 9.41. The predicted molar refractivity (Wildman–Crippen MR) is 241 cm³/mol. The number of allylic oxidation sites excluding steroid dienone is 2. The summed E-state index contributed by atoms with van der Waals surface area (Å²) >= 11 is 19.0. The van der Waals surface area contributed by atoms with Crippen LogP contribution >= 0.6 is 104 Å². The second-order valence-corrected chi connectivity index (χ2v) is 26.0. The molecular weight excluding hydrogens is 1050 g/mol. The Morgan fingerprint density at radius 1 is 0.627 bits per heavy atom. The Kier molecular flexibility index (Phi) is 18.5. The maximum atomic E-state index is 4.93. The molecule has 51 heavy (non-hydrogen) atoms. The zero-order valence-corrected chi connectivity index (χ0v) is 42.8. The Balaban J connectivity index is 0.000000205. The fourth-order valence-corrected chi connectivity index (χ4v) is 15.7. The van der Waals surface area contributed by atoms with Crippen LogP contribution in [0.1, 0.15) is 101 Å². The number of benzene rings is 2. The van der Waals surface area contributed by atoms with Gasteiger partial charge in [0.25, 0.3) is 0 Å². The van der Waals surface area contributed by atoms with Crippen LogP contribution in [-0.4, -0.2) is 20.2 Å². The fourth-order valence-electron chi connectivity index (χ4n) is 9.87. The zero-order valence-electron chi connectivity index (χ0n) is 30.9. The first-order valence-corrected chi connectivity index (χ1v) is 29.5. The molecule has 0 radical (unpaired) electrons. The third-order valence-corrected chi connectivity index (χ3v) is 18.7. The molecule has 280 valence electrons. The summed E-state index contributed by atoms with van der Waals surface area (Å²) in [6.07, 6.45) is 18.5. The molecule has 0 saturated heterocycles. The van der Waals surface area contributed by atoms with Crippen LogP contribution in [0.4, 0.5) is 0 Å². The topological polar surface area (TPSA) is 0 Å². The standard InChI is InChI=1S/C20H32Br2S.C20H16Br2S.2CH3.2ClH.Zr/c2*1-11-7-13-15(9-11)19(5-3-17(13)21)23-20-6-4-18(22)14-8-12(2)10-16(14)20;;;;;/h11-20H,3-10H2,1-2H3;3-8H,9-10H2,1-2H3;2*1H3;2*1H;/q;;2*-1;;;+4/p-2. The Bertz CT molecular complexity index is 1450. The van der Waals surface area contributed by atoms with Crippen molar-refractivity contribution < 1.29 is 20.8 Å². The molecule has 2 aromatic rings. The van der Waals surface area contributed by atoms with Crippen molar-refractivity contribution in [1.82, 2.24) is 0 Å². The first-order valence-electron chi connectivity index (χ1n) is 18.0. The summed E-state index contributed by atoms with van der Waals surface area (Å²) in [5.41, 5.74) is 8.51. The Hall–Kier alpha value is 2.00. The normalized spacial score (nSPS) is 32.5. The van der Waals surface area contributed by atoms with Gasteiger partial charge in [-0.2, -0.15) is 11.8 Å². The van der Waals surface area contributed by atoms with E-state index in [4.69, 9.17) is 17.0 Å². The molecule has 6 aliphatic rings. The Morgan fingerprint density at radius 3 is 1.39 bits per heavy atom. The first kappa shape index (κ1) is 45.7. The van der Waals surface area contributed by atoms with E-state index in [0.29, 0.717) is 0 Å². The molecule has 4 saturated carbocycles. The van der Waals surface area contributed by atoms with Gasteiger partial charge >= 0.3 is 37.9 Å². The van der Waals surface area contributed by atoms with Crippen LogP contribution in [0, 0.1) is 50.4 Å². The molecule has 0 aliphatic heterocycles. The van der Waals surface area contributed by atoms with E-state index in [1.165, 1.54) is 104 Å². The van der Waals surface area contributed by atoms with Crippen molar-refractivity contribution >= 4 is 116 Å². The van der Waals surface area contributed by atoms with E-state index in [1.54, 1.807) is 0 Å². The van der Waals surface area contributed by atoms with Gasteiger partial charge in [-0.3, -0.25) is 0 Å². The molecule has 0 amide bonds. The quantitative estimate of drug-likeness (QED) is 0.221. The van der Waals surface area contributed by atoms with E-state index in [-0.39, 0.29) is 14.9 Å². The second kappa shape index (κ2) is 20.6. The Labute approximate surface area is 371 Å². The average molecular weight is 1100 g/mol. The van der Waals surface area contributed by atoms with Gasteiger partial charge in [-0.15, -0.1) is 0 Å². The van der Waals surface area contributed by atoms with E-state index in [0.717, 1.165) is 68.5 Å². The van der Waals surface area contributed by atoms with Crippen molar-refractivity contribution in [2.24, 2.45) is 35.5 Å². The zero-order chi connectivity index (χ0) is 35.0. The predicted octanol–water partition coefficient (Wildman–Crippen LogP) is 16.5. The van der Waals surface area contributed by atoms with Gasteiger partial charge in [0.1, 0.15) is 0 Å². The number of hydrogen-bond acceptors (Lipinski definition) is 2. The van der Waals surface area contributed by atoms with Crippen LogP contribution in [0.5, 0.6) is 0 Å². The van der Waals surface area contributed by atoms with Gasteiger partial charge in [-0.1, -0.05) is 113 Å². The number of fused-ring (bicyclic) bond motifs is 4. The molecule has 6 aliphatic carbocycles. The first-order chi connectivity index (χ1) is 23.5. The van der Waals surface area contributed by atoms with Crippen molar-refractivity contribution in [2.45, 2.75) is 122 Å². The molecule has 0 nitrogen and oxygen atoms in total. The van der Waals surface area contributed by atoms with Crippen molar-refractivity contribution in [3.8, 4) is 0 Å². The summed E-state index contributed by atoms with van der Waals surface area (Å²) in [6, 6.07) is 8.87. The van der Waals surface area contributed by atoms with Crippen molar-refractivity contribution in [3.63, 3.8) is 0 Å². The van der Waals surface area contributed by atoms with Gasteiger partial charge < -0.3 is 14.9 Å². The summed E-state index contributed by atoms with van der Waals surface area (Å²) in [5, 5.41) is 1.93. The van der Waals surface area contributed by atoms with Crippen molar-refractivity contribution in [2.75, 3.05) is 0 Å². The molecule has 0 aromatic heterocycles. The fraction of sp³-hybridized carbons (Fsp3) is 0.571. The summed E-state index contributed by atoms with van der Waals surface area (Å²) < 4.78 is 2.40. The van der Waals surface area contributed by atoms with Crippen molar-refractivity contribution in [1.29, 1.82) is 0 Å². The minimum absolute atomic E-state index is 0. The number of alkyl halides is 2. The molecular formula is C42H54Br4Cl2S2Zr. The molecule has 9 heteroatoms. The van der Waals surface area contributed by atoms with Gasteiger partial charge in [0.15, 0.2) is 0 Å². The van der Waals surface area contributed by atoms with Gasteiger partial charge in [0.2, 0.25) is 0 Å². The number of hydrogen-bond donors (Lipinski definition) is 0. The van der Waals surface area contributed by atoms with E-state index in [2.05, 4.69) is 140 Å².